The first kappa shape index (κ1) is 24.0. The second-order valence-electron chi connectivity index (χ2n) is 10.0. The number of piperidine rings is 1. The number of hydrogen-bond donors (Lipinski definition) is 2. The minimum absolute atomic E-state index is 0.228. The molecule has 0 atom stereocenters. The van der Waals surface area contributed by atoms with Crippen LogP contribution in [0.1, 0.15) is 70.4 Å². The number of benzene rings is 1. The van der Waals surface area contributed by atoms with Crippen LogP contribution in [0.3, 0.4) is 0 Å². The number of anilines is 3. The predicted molar refractivity (Wildman–Crippen MR) is 143 cm³/mol. The molecule has 2 N–H and O–H groups in total. The minimum atomic E-state index is 0.228. The number of nitriles is 1. The van der Waals surface area contributed by atoms with Gasteiger partial charge in [-0.05, 0) is 83.7 Å². The summed E-state index contributed by atoms with van der Waals surface area (Å²) in [6, 6.07) is 9.07. The summed E-state index contributed by atoms with van der Waals surface area (Å²) in [6.45, 7) is 6.78. The number of aromatic nitrogens is 4. The van der Waals surface area contributed by atoms with Crippen LogP contribution in [-0.2, 0) is 0 Å². The Morgan fingerprint density at radius 3 is 2.54 bits per heavy atom. The lowest BCUT2D eigenvalue weighted by atomic mass is 9.89. The number of likely N-dealkylation sites (tertiary alicyclic amines) is 1. The van der Waals surface area contributed by atoms with E-state index in [0.29, 0.717) is 23.4 Å². The quantitative estimate of drug-likeness (QED) is 0.399. The topological polar surface area (TPSA) is 94.7 Å². The second-order valence-corrected chi connectivity index (χ2v) is 10.9. The molecule has 1 aliphatic heterocycles. The standard InChI is InChI=1S/C26H33BrN8/c1-17(2)35-16-29-23-24(30-21-13-18(15-28)12-19(27)14-21)32-26(33-25(23)35)31-20-6-8-22(9-7-20)34-10-4-3-5-11-34/h12-14,16-17,20,22H,3-11H2,1-2H3,(H2,30,31,32,33). The monoisotopic (exact) mass is 536 g/mol. The Bertz CT molecular complexity index is 1220. The summed E-state index contributed by atoms with van der Waals surface area (Å²) in [5.74, 6) is 1.26. The van der Waals surface area contributed by atoms with Crippen molar-refractivity contribution in [3.8, 4) is 6.07 Å². The van der Waals surface area contributed by atoms with Crippen molar-refractivity contribution in [3.05, 3.63) is 34.6 Å². The van der Waals surface area contributed by atoms with Crippen LogP contribution < -0.4 is 10.6 Å². The number of rotatable bonds is 6. The van der Waals surface area contributed by atoms with Gasteiger partial charge >= 0.3 is 0 Å². The van der Waals surface area contributed by atoms with E-state index in [4.69, 9.17) is 9.97 Å². The Labute approximate surface area is 215 Å². The van der Waals surface area contributed by atoms with Crippen LogP contribution in [0.5, 0.6) is 0 Å². The number of halogens is 1. The van der Waals surface area contributed by atoms with Gasteiger partial charge in [0.05, 0.1) is 18.0 Å². The molecule has 1 aliphatic carbocycles. The van der Waals surface area contributed by atoms with E-state index in [9.17, 15) is 5.26 Å². The van der Waals surface area contributed by atoms with Crippen LogP contribution in [0.15, 0.2) is 29.0 Å². The molecular formula is C26H33BrN8. The van der Waals surface area contributed by atoms with Crippen molar-refractivity contribution in [1.29, 1.82) is 5.26 Å². The van der Waals surface area contributed by atoms with Gasteiger partial charge in [-0.15, -0.1) is 0 Å². The Hall–Kier alpha value is -2.70. The van der Waals surface area contributed by atoms with Crippen molar-refractivity contribution in [3.63, 3.8) is 0 Å². The first-order valence-corrected chi connectivity index (χ1v) is 13.5. The van der Waals surface area contributed by atoms with E-state index in [-0.39, 0.29) is 6.04 Å². The van der Waals surface area contributed by atoms with Gasteiger partial charge < -0.3 is 20.1 Å². The van der Waals surface area contributed by atoms with Gasteiger partial charge in [-0.25, -0.2) is 4.98 Å². The fourth-order valence-corrected chi connectivity index (χ4v) is 5.85. The SMILES string of the molecule is CC(C)n1cnc2c(Nc3cc(Br)cc(C#N)c3)nc(NC3CCC(N4CCCCC4)CC3)nc21. The summed E-state index contributed by atoms with van der Waals surface area (Å²) < 4.78 is 2.91. The number of imidazole rings is 1. The molecule has 3 heterocycles. The van der Waals surface area contributed by atoms with E-state index in [1.54, 1.807) is 6.07 Å². The number of fused-ring (bicyclic) bond motifs is 1. The summed E-state index contributed by atoms with van der Waals surface area (Å²) in [5.41, 5.74) is 2.88. The van der Waals surface area contributed by atoms with Gasteiger partial charge in [-0.1, -0.05) is 22.4 Å². The molecule has 35 heavy (non-hydrogen) atoms. The second kappa shape index (κ2) is 10.5. The van der Waals surface area contributed by atoms with Crippen molar-refractivity contribution in [2.24, 2.45) is 0 Å². The zero-order valence-corrected chi connectivity index (χ0v) is 22.1. The molecule has 3 aromatic rings. The Kier molecular flexibility index (Phi) is 7.21. The number of nitrogens with zero attached hydrogens (tertiary/aromatic N) is 6. The Morgan fingerprint density at radius 2 is 1.83 bits per heavy atom. The van der Waals surface area contributed by atoms with Crippen LogP contribution in [0.4, 0.5) is 17.5 Å². The summed E-state index contributed by atoms with van der Waals surface area (Å²) in [6.07, 6.45) is 10.6. The highest BCUT2D eigenvalue weighted by Crippen LogP contribution is 2.30. The molecule has 9 heteroatoms. The highest BCUT2D eigenvalue weighted by molar-refractivity contribution is 9.10. The molecule has 2 aromatic heterocycles. The molecule has 5 rings (SSSR count). The van der Waals surface area contributed by atoms with Gasteiger partial charge in [-0.3, -0.25) is 0 Å². The minimum Gasteiger partial charge on any atom is -0.351 e. The van der Waals surface area contributed by atoms with Crippen molar-refractivity contribution in [2.45, 2.75) is 76.9 Å². The fraction of sp³-hybridized carbons (Fsp3) is 0.538. The molecule has 0 amide bonds. The van der Waals surface area contributed by atoms with Crippen LogP contribution in [0.2, 0.25) is 0 Å². The smallest absolute Gasteiger partial charge is 0.227 e. The lowest BCUT2D eigenvalue weighted by Crippen LogP contribution is -2.43. The van der Waals surface area contributed by atoms with Gasteiger partial charge in [0, 0.05) is 28.3 Å². The first-order valence-electron chi connectivity index (χ1n) is 12.7. The van der Waals surface area contributed by atoms with Crippen molar-refractivity contribution in [1.82, 2.24) is 24.4 Å². The maximum atomic E-state index is 9.36. The third-order valence-electron chi connectivity index (χ3n) is 7.20. The lowest BCUT2D eigenvalue weighted by molar-refractivity contribution is 0.127. The highest BCUT2D eigenvalue weighted by Gasteiger charge is 2.27. The van der Waals surface area contributed by atoms with E-state index >= 15 is 0 Å². The molecule has 0 unspecified atom stereocenters. The predicted octanol–water partition coefficient (Wildman–Crippen LogP) is 5.99. The zero-order chi connectivity index (χ0) is 24.4. The van der Waals surface area contributed by atoms with Gasteiger partial charge in [0.2, 0.25) is 5.95 Å². The molecule has 1 aromatic carbocycles. The van der Waals surface area contributed by atoms with Gasteiger partial charge in [0.15, 0.2) is 17.0 Å². The van der Waals surface area contributed by atoms with Crippen molar-refractivity contribution in [2.75, 3.05) is 23.7 Å². The molecular weight excluding hydrogens is 504 g/mol. The molecule has 1 saturated carbocycles. The van der Waals surface area contributed by atoms with Crippen LogP contribution in [0, 0.1) is 11.3 Å². The first-order chi connectivity index (χ1) is 17.0. The zero-order valence-electron chi connectivity index (χ0n) is 20.5. The van der Waals surface area contributed by atoms with E-state index in [1.807, 2.05) is 18.5 Å². The maximum Gasteiger partial charge on any atom is 0.227 e. The van der Waals surface area contributed by atoms with Crippen LogP contribution in [-0.4, -0.2) is 49.6 Å². The molecule has 1 saturated heterocycles. The van der Waals surface area contributed by atoms with Crippen molar-refractivity contribution < 1.29 is 0 Å². The third kappa shape index (κ3) is 5.44. The lowest BCUT2D eigenvalue weighted by Gasteiger charge is -2.39. The molecule has 184 valence electrons. The molecule has 0 spiro atoms. The number of nitrogens with one attached hydrogen (secondary N) is 2. The average Bonchev–Trinajstić information content (AvgIpc) is 3.29. The maximum absolute atomic E-state index is 9.36. The van der Waals surface area contributed by atoms with Crippen LogP contribution >= 0.6 is 15.9 Å². The Morgan fingerprint density at radius 1 is 1.06 bits per heavy atom. The molecule has 0 radical (unpaired) electrons. The number of hydrogen-bond acceptors (Lipinski definition) is 7. The van der Waals surface area contributed by atoms with Crippen molar-refractivity contribution >= 4 is 44.5 Å². The normalized spacial score (nSPS) is 21.2. The molecule has 2 aliphatic rings. The van der Waals surface area contributed by atoms with E-state index < -0.39 is 0 Å². The van der Waals surface area contributed by atoms with Gasteiger partial charge in [0.25, 0.3) is 0 Å². The molecule has 0 bridgehead atoms. The summed E-state index contributed by atoms with van der Waals surface area (Å²) in [4.78, 5) is 17.0. The van der Waals surface area contributed by atoms with Gasteiger partial charge in [0.1, 0.15) is 0 Å². The van der Waals surface area contributed by atoms with E-state index in [0.717, 1.165) is 40.2 Å². The molecule has 8 nitrogen and oxygen atoms in total. The van der Waals surface area contributed by atoms with Crippen LogP contribution in [0.25, 0.3) is 11.2 Å². The highest BCUT2D eigenvalue weighted by atomic mass is 79.9. The fourth-order valence-electron chi connectivity index (χ4n) is 5.36. The third-order valence-corrected chi connectivity index (χ3v) is 7.66. The summed E-state index contributed by atoms with van der Waals surface area (Å²) in [7, 11) is 0. The van der Waals surface area contributed by atoms with E-state index in [2.05, 4.69) is 60.9 Å². The van der Waals surface area contributed by atoms with E-state index in [1.165, 1.54) is 45.2 Å². The summed E-state index contributed by atoms with van der Waals surface area (Å²) >= 11 is 3.49. The average molecular weight is 538 g/mol. The summed E-state index contributed by atoms with van der Waals surface area (Å²) in [5, 5.41) is 16.4. The largest absolute Gasteiger partial charge is 0.351 e. The van der Waals surface area contributed by atoms with Gasteiger partial charge in [-0.2, -0.15) is 15.2 Å². The molecule has 2 fully saturated rings. The Balaban J connectivity index is 1.38.